The predicted molar refractivity (Wildman–Crippen MR) is 58.1 cm³/mol. The smallest absolute Gasteiger partial charge is 0.256 e. The summed E-state index contributed by atoms with van der Waals surface area (Å²) in [6.07, 6.45) is -2.55. The summed E-state index contributed by atoms with van der Waals surface area (Å²) >= 11 is 10.4. The van der Waals surface area contributed by atoms with Gasteiger partial charge in [0.15, 0.2) is 4.77 Å². The monoisotopic (exact) mass is 266 g/mol. The first-order valence-corrected chi connectivity index (χ1v) is 5.13. The van der Waals surface area contributed by atoms with Gasteiger partial charge in [-0.2, -0.15) is 0 Å². The van der Waals surface area contributed by atoms with Crippen LogP contribution in [0, 0.1) is 10.6 Å². The van der Waals surface area contributed by atoms with E-state index in [1.165, 1.54) is 6.07 Å². The van der Waals surface area contributed by atoms with Crippen molar-refractivity contribution in [2.45, 2.75) is 13.0 Å². The Morgan fingerprint density at radius 3 is 2.75 bits per heavy atom. The third-order valence-corrected chi connectivity index (χ3v) is 2.75. The van der Waals surface area contributed by atoms with Gasteiger partial charge in [-0.15, -0.1) is 0 Å². The van der Waals surface area contributed by atoms with E-state index in [1.54, 1.807) is 0 Å². The molecule has 86 valence electrons. The van der Waals surface area contributed by atoms with Crippen LogP contribution in [-0.4, -0.2) is 16.0 Å². The zero-order valence-corrected chi connectivity index (χ0v) is 9.38. The van der Waals surface area contributed by atoms with Crippen LogP contribution in [0.3, 0.4) is 0 Å². The number of hydrogen-bond donors (Lipinski definition) is 1. The highest BCUT2D eigenvalue weighted by Gasteiger charge is 2.12. The number of rotatable bonds is 2. The van der Waals surface area contributed by atoms with Gasteiger partial charge in [0.2, 0.25) is 0 Å². The summed E-state index contributed by atoms with van der Waals surface area (Å²) in [4.78, 5) is 2.69. The van der Waals surface area contributed by atoms with Gasteiger partial charge in [0, 0.05) is 6.07 Å². The van der Waals surface area contributed by atoms with Crippen molar-refractivity contribution in [3.05, 3.63) is 27.7 Å². The number of imidazole rings is 1. The molecule has 16 heavy (non-hydrogen) atoms. The molecule has 0 atom stereocenters. The third-order valence-electron chi connectivity index (χ3n) is 2.14. The molecule has 0 unspecified atom stereocenters. The maximum Gasteiger partial charge on any atom is 0.256 e. The van der Waals surface area contributed by atoms with E-state index in [1.807, 2.05) is 0 Å². The van der Waals surface area contributed by atoms with E-state index in [2.05, 4.69) is 4.98 Å². The van der Waals surface area contributed by atoms with Crippen molar-refractivity contribution in [2.24, 2.45) is 0 Å². The van der Waals surface area contributed by atoms with Crippen molar-refractivity contribution >= 4 is 34.9 Å². The second-order valence-electron chi connectivity index (χ2n) is 3.22. The van der Waals surface area contributed by atoms with Crippen molar-refractivity contribution in [3.8, 4) is 0 Å². The summed E-state index contributed by atoms with van der Waals surface area (Å²) in [5, 5.41) is -0.0760. The van der Waals surface area contributed by atoms with Gasteiger partial charge in [0.05, 0.1) is 22.6 Å². The number of halogens is 4. The number of nitrogens with one attached hydrogen (secondary N) is 1. The van der Waals surface area contributed by atoms with Gasteiger partial charge in [-0.1, -0.05) is 11.6 Å². The zero-order valence-electron chi connectivity index (χ0n) is 7.81. The number of hydrogen-bond acceptors (Lipinski definition) is 1. The van der Waals surface area contributed by atoms with E-state index in [0.717, 1.165) is 10.6 Å². The molecule has 1 N–H and O–H groups in total. The predicted octanol–water partition coefficient (Wildman–Crippen LogP) is 3.76. The highest BCUT2D eigenvalue weighted by molar-refractivity contribution is 7.71. The molecule has 2 rings (SSSR count). The Bertz CT molecular complexity index is 590. The molecule has 0 amide bonds. The van der Waals surface area contributed by atoms with Gasteiger partial charge >= 0.3 is 0 Å². The minimum Gasteiger partial charge on any atom is -0.331 e. The third kappa shape index (κ3) is 1.94. The van der Waals surface area contributed by atoms with Gasteiger partial charge < -0.3 is 9.55 Å². The van der Waals surface area contributed by atoms with Crippen LogP contribution < -0.4 is 0 Å². The van der Waals surface area contributed by atoms with Crippen LogP contribution in [0.1, 0.15) is 0 Å². The molecule has 0 saturated carbocycles. The molecule has 0 fully saturated rings. The maximum atomic E-state index is 13.2. The van der Waals surface area contributed by atoms with Crippen LogP contribution in [0.5, 0.6) is 0 Å². The first-order valence-electron chi connectivity index (χ1n) is 4.34. The minimum absolute atomic E-state index is 0.0760. The molecule has 0 saturated heterocycles. The summed E-state index contributed by atoms with van der Waals surface area (Å²) < 4.78 is 39.0. The van der Waals surface area contributed by atoms with E-state index in [-0.39, 0.29) is 15.3 Å². The minimum atomic E-state index is -2.55. The highest BCUT2D eigenvalue weighted by Crippen LogP contribution is 2.23. The van der Waals surface area contributed by atoms with E-state index in [9.17, 15) is 13.2 Å². The van der Waals surface area contributed by atoms with Gasteiger partial charge in [-0.05, 0) is 18.3 Å². The summed E-state index contributed by atoms with van der Waals surface area (Å²) in [6, 6.07) is 2.41. The summed E-state index contributed by atoms with van der Waals surface area (Å²) in [5.41, 5.74) is 0.726. The SMILES string of the molecule is Fc1cc2c(cc1Cl)[nH]c(=S)n2CC(F)F. The molecular formula is C9H6ClF3N2S. The number of fused-ring (bicyclic) bond motifs is 1. The maximum absolute atomic E-state index is 13.2. The molecule has 0 aliphatic carbocycles. The molecule has 1 aromatic carbocycles. The van der Waals surface area contributed by atoms with Crippen molar-refractivity contribution in [1.29, 1.82) is 0 Å². The lowest BCUT2D eigenvalue weighted by Crippen LogP contribution is -2.06. The Morgan fingerprint density at radius 2 is 2.12 bits per heavy atom. The number of aromatic amines is 1. The van der Waals surface area contributed by atoms with Gasteiger partial charge in [0.25, 0.3) is 6.43 Å². The average Bonchev–Trinajstić information content (AvgIpc) is 2.45. The molecule has 0 bridgehead atoms. The van der Waals surface area contributed by atoms with Crippen LogP contribution in [-0.2, 0) is 6.54 Å². The first kappa shape index (κ1) is 11.5. The van der Waals surface area contributed by atoms with E-state index in [0.29, 0.717) is 5.52 Å². The quantitative estimate of drug-likeness (QED) is 0.821. The molecule has 0 spiro atoms. The number of aromatic nitrogens is 2. The lowest BCUT2D eigenvalue weighted by atomic mass is 10.3. The second-order valence-corrected chi connectivity index (χ2v) is 4.01. The average molecular weight is 267 g/mol. The van der Waals surface area contributed by atoms with Crippen LogP contribution in [0.15, 0.2) is 12.1 Å². The second kappa shape index (κ2) is 4.10. The Balaban J connectivity index is 2.69. The van der Waals surface area contributed by atoms with Crippen LogP contribution in [0.2, 0.25) is 5.02 Å². The zero-order chi connectivity index (χ0) is 11.9. The van der Waals surface area contributed by atoms with E-state index in [4.69, 9.17) is 23.8 Å². The first-order chi connectivity index (χ1) is 7.49. The molecule has 0 radical (unpaired) electrons. The van der Waals surface area contributed by atoms with Gasteiger partial charge in [-0.25, -0.2) is 13.2 Å². The van der Waals surface area contributed by atoms with Crippen LogP contribution in [0.25, 0.3) is 11.0 Å². The van der Waals surface area contributed by atoms with Gasteiger partial charge in [-0.3, -0.25) is 0 Å². The highest BCUT2D eigenvalue weighted by atomic mass is 35.5. The number of H-pyrrole nitrogens is 1. The van der Waals surface area contributed by atoms with Crippen LogP contribution in [0.4, 0.5) is 13.2 Å². The Morgan fingerprint density at radius 1 is 1.44 bits per heavy atom. The van der Waals surface area contributed by atoms with Gasteiger partial charge in [0.1, 0.15) is 5.82 Å². The summed E-state index contributed by atoms with van der Waals surface area (Å²) in [5.74, 6) is -0.661. The lowest BCUT2D eigenvalue weighted by molar-refractivity contribution is 0.127. The summed E-state index contributed by atoms with van der Waals surface area (Å²) in [6.45, 7) is -0.570. The molecule has 2 nitrogen and oxygen atoms in total. The molecule has 1 heterocycles. The fraction of sp³-hybridized carbons (Fsp3) is 0.222. The molecule has 7 heteroatoms. The largest absolute Gasteiger partial charge is 0.331 e. The lowest BCUT2D eigenvalue weighted by Gasteiger charge is -2.03. The van der Waals surface area contributed by atoms with Crippen molar-refractivity contribution in [1.82, 2.24) is 9.55 Å². The number of nitrogens with zero attached hydrogens (tertiary/aromatic N) is 1. The normalized spacial score (nSPS) is 11.6. The fourth-order valence-corrected chi connectivity index (χ4v) is 1.92. The van der Waals surface area contributed by atoms with Crippen LogP contribution >= 0.6 is 23.8 Å². The fourth-order valence-electron chi connectivity index (χ4n) is 1.47. The molecule has 0 aliphatic rings. The molecule has 0 aliphatic heterocycles. The molecular weight excluding hydrogens is 261 g/mol. The Kier molecular flexibility index (Phi) is 2.94. The standard InChI is InChI=1S/C9H6ClF3N2S/c10-4-1-6-7(2-5(4)11)15(3-8(12)13)9(16)14-6/h1-2,8H,3H2,(H,14,16). The Hall–Kier alpha value is -1.01. The van der Waals surface area contributed by atoms with E-state index < -0.39 is 18.8 Å². The molecule has 1 aromatic heterocycles. The number of benzene rings is 1. The summed E-state index contributed by atoms with van der Waals surface area (Å²) in [7, 11) is 0. The van der Waals surface area contributed by atoms with Crippen molar-refractivity contribution < 1.29 is 13.2 Å². The van der Waals surface area contributed by atoms with E-state index >= 15 is 0 Å². The van der Waals surface area contributed by atoms with Crippen molar-refractivity contribution in [3.63, 3.8) is 0 Å². The topological polar surface area (TPSA) is 20.7 Å². The van der Waals surface area contributed by atoms with Crippen molar-refractivity contribution in [2.75, 3.05) is 0 Å². The molecule has 2 aromatic rings. The number of alkyl halides is 2. The Labute approximate surface area is 98.6 Å².